The molecule has 4 atom stereocenters. The minimum atomic E-state index is 0.826. The smallest absolute Gasteiger partial charge is 0.0133 e. The lowest BCUT2D eigenvalue weighted by Gasteiger charge is -2.59. The zero-order valence-electron chi connectivity index (χ0n) is 47.9. The summed E-state index contributed by atoms with van der Waals surface area (Å²) in [5.41, 5.74) is 0. The molecule has 4 unspecified atom stereocenters. The van der Waals surface area contributed by atoms with E-state index in [4.69, 9.17) is 0 Å². The Bertz CT molecular complexity index is 1430. The van der Waals surface area contributed by atoms with E-state index in [1.54, 1.807) is 0 Å². The molecular formula is C70H116N2. The van der Waals surface area contributed by atoms with Crippen LogP contribution in [0.2, 0.25) is 0 Å². The van der Waals surface area contributed by atoms with E-state index in [0.717, 1.165) is 119 Å². The number of nitrogens with zero attached hydrogens (tertiary/aromatic N) is 2. The van der Waals surface area contributed by atoms with Crippen molar-refractivity contribution in [2.45, 2.75) is 308 Å². The molecule has 0 bridgehead atoms. The Labute approximate surface area is 447 Å². The monoisotopic (exact) mass is 985 g/mol. The van der Waals surface area contributed by atoms with Crippen LogP contribution in [0.4, 0.5) is 0 Å². The summed E-state index contributed by atoms with van der Waals surface area (Å²) in [5, 5.41) is 0. The first-order chi connectivity index (χ1) is 35.3. The van der Waals surface area contributed by atoms with E-state index in [9.17, 15) is 0 Å². The van der Waals surface area contributed by atoms with E-state index >= 15 is 0 Å². The predicted molar refractivity (Wildman–Crippen MR) is 310 cm³/mol. The molecule has 406 valence electrons. The van der Waals surface area contributed by atoms with Crippen LogP contribution in [0.5, 0.6) is 0 Å². The molecule has 10 aliphatic carbocycles. The Kier molecular flexibility index (Phi) is 20.3. The summed E-state index contributed by atoms with van der Waals surface area (Å²) in [6.07, 6.45) is 77.5. The fourth-order valence-corrected chi connectivity index (χ4v) is 18.9. The molecule has 0 aromatic heterocycles. The van der Waals surface area contributed by atoms with Gasteiger partial charge in [0.1, 0.15) is 0 Å². The molecule has 0 radical (unpaired) electrons. The van der Waals surface area contributed by atoms with Crippen LogP contribution in [-0.4, -0.2) is 46.1 Å². The predicted octanol–water partition coefficient (Wildman–Crippen LogP) is 19.7. The largest absolute Gasteiger partial charge is 0.294 e. The SMILES string of the molecule is CC1CCC(/C=C/C2CCC(N(C3CCC(/C=C/C4CCC(C)CC4)CC3)C3CCC(N(C4CCC(/C=C/C5CCC(C)CC5)CC4)C4CCC(/C=C/C5CCC(C)CC5)CC4)C4CCCCC43)CC2)CC1. The third-order valence-corrected chi connectivity index (χ3v) is 23.9. The number of hydrogen-bond donors (Lipinski definition) is 0. The maximum absolute atomic E-state index is 3.42. The van der Waals surface area contributed by atoms with Crippen molar-refractivity contribution in [1.29, 1.82) is 0 Å². The number of hydrogen-bond acceptors (Lipinski definition) is 2. The minimum Gasteiger partial charge on any atom is -0.294 e. The Balaban J connectivity index is 0.841. The number of fused-ring (bicyclic) bond motifs is 1. The van der Waals surface area contributed by atoms with Gasteiger partial charge in [-0.1, -0.05) is 141 Å². The lowest BCUT2D eigenvalue weighted by molar-refractivity contribution is -0.0876. The molecule has 0 aliphatic heterocycles. The van der Waals surface area contributed by atoms with Crippen LogP contribution >= 0.6 is 0 Å². The zero-order chi connectivity index (χ0) is 49.2. The Morgan fingerprint density at radius 2 is 0.389 bits per heavy atom. The van der Waals surface area contributed by atoms with Gasteiger partial charge in [-0.15, -0.1) is 0 Å². The molecule has 0 aromatic rings. The van der Waals surface area contributed by atoms with E-state index in [1.807, 2.05) is 0 Å². The van der Waals surface area contributed by atoms with Crippen LogP contribution in [0.3, 0.4) is 0 Å². The molecule has 0 N–H and O–H groups in total. The van der Waals surface area contributed by atoms with Crippen molar-refractivity contribution in [2.75, 3.05) is 0 Å². The molecule has 0 saturated heterocycles. The van der Waals surface area contributed by atoms with Crippen molar-refractivity contribution in [3.8, 4) is 0 Å². The highest BCUT2D eigenvalue weighted by atomic mass is 15.3. The van der Waals surface area contributed by atoms with Crippen molar-refractivity contribution >= 4 is 0 Å². The molecule has 0 heterocycles. The van der Waals surface area contributed by atoms with Gasteiger partial charge in [-0.2, -0.15) is 0 Å². The quantitative estimate of drug-likeness (QED) is 0.160. The second-order valence-electron chi connectivity index (χ2n) is 29.1. The van der Waals surface area contributed by atoms with Crippen LogP contribution < -0.4 is 0 Å². The van der Waals surface area contributed by atoms with E-state index in [0.29, 0.717) is 0 Å². The first-order valence-electron chi connectivity index (χ1n) is 33.6. The van der Waals surface area contributed by atoms with Gasteiger partial charge in [-0.3, -0.25) is 9.80 Å². The van der Waals surface area contributed by atoms with Crippen molar-refractivity contribution in [2.24, 2.45) is 82.9 Å². The topological polar surface area (TPSA) is 6.48 Å². The van der Waals surface area contributed by atoms with Gasteiger partial charge < -0.3 is 0 Å². The molecule has 10 aliphatic rings. The minimum absolute atomic E-state index is 0.826. The molecule has 72 heavy (non-hydrogen) atoms. The van der Waals surface area contributed by atoms with Crippen molar-refractivity contribution in [3.63, 3.8) is 0 Å². The number of rotatable bonds is 14. The van der Waals surface area contributed by atoms with E-state index in [1.165, 1.54) is 244 Å². The van der Waals surface area contributed by atoms with Gasteiger partial charge in [-0.05, 0) is 263 Å². The van der Waals surface area contributed by atoms with E-state index < -0.39 is 0 Å². The normalized spacial score (nSPS) is 45.4. The third-order valence-electron chi connectivity index (χ3n) is 23.9. The Hall–Kier alpha value is -1.12. The lowest BCUT2D eigenvalue weighted by Crippen LogP contribution is -2.62. The first kappa shape index (κ1) is 54.2. The summed E-state index contributed by atoms with van der Waals surface area (Å²) >= 11 is 0. The zero-order valence-corrected chi connectivity index (χ0v) is 47.9. The van der Waals surface area contributed by atoms with Crippen LogP contribution in [0.1, 0.15) is 272 Å². The maximum Gasteiger partial charge on any atom is 0.0133 e. The third kappa shape index (κ3) is 14.7. The van der Waals surface area contributed by atoms with Gasteiger partial charge in [0, 0.05) is 36.3 Å². The van der Waals surface area contributed by atoms with Gasteiger partial charge in [-0.25, -0.2) is 0 Å². The van der Waals surface area contributed by atoms with Gasteiger partial charge in [0.25, 0.3) is 0 Å². The number of allylic oxidation sites excluding steroid dienone is 8. The van der Waals surface area contributed by atoms with Crippen LogP contribution in [0.15, 0.2) is 48.6 Å². The van der Waals surface area contributed by atoms with Crippen molar-refractivity contribution < 1.29 is 0 Å². The van der Waals surface area contributed by atoms with Crippen LogP contribution in [0, 0.1) is 82.9 Å². The maximum atomic E-state index is 3.42. The molecule has 2 heteroatoms. The van der Waals surface area contributed by atoms with Gasteiger partial charge in [0.2, 0.25) is 0 Å². The fraction of sp³-hybridized carbons (Fsp3) is 0.886. The molecular weight excluding hydrogens is 869 g/mol. The van der Waals surface area contributed by atoms with Crippen molar-refractivity contribution in [3.05, 3.63) is 48.6 Å². The fourth-order valence-electron chi connectivity index (χ4n) is 18.9. The summed E-state index contributed by atoms with van der Waals surface area (Å²) in [7, 11) is 0. The summed E-state index contributed by atoms with van der Waals surface area (Å²) in [6.45, 7) is 9.93. The summed E-state index contributed by atoms with van der Waals surface area (Å²) in [4.78, 5) is 6.84. The summed E-state index contributed by atoms with van der Waals surface area (Å²) in [5.74, 6) is 12.5. The van der Waals surface area contributed by atoms with Gasteiger partial charge in [0.15, 0.2) is 0 Å². The standard InChI is InChI=1S/C70H116N2/c1-51-9-17-55(18-10-51)25-29-59-33-41-63(42-34-59)71(64-43-35-60(36-44-64)30-26-56-19-11-52(2)12-20-56)69-49-50-70(68-8-6-5-7-67(68)69)72(65-45-37-61(38-46-65)31-27-57-21-13-53(3)14-22-57)66-47-39-62(40-48-66)32-28-58-23-15-54(4)16-24-58/h25-32,51-70H,5-24,33-50H2,1-4H3/b29-25+,30-26+,31-27+,32-28+. The summed E-state index contributed by atoms with van der Waals surface area (Å²) < 4.78 is 0. The van der Waals surface area contributed by atoms with Gasteiger partial charge in [0.05, 0.1) is 0 Å². The second kappa shape index (κ2) is 27.0. The highest BCUT2D eigenvalue weighted by molar-refractivity contribution is 5.08. The van der Waals surface area contributed by atoms with Crippen LogP contribution in [-0.2, 0) is 0 Å². The molecule has 10 fully saturated rings. The Morgan fingerprint density at radius 1 is 0.208 bits per heavy atom. The lowest BCUT2D eigenvalue weighted by atomic mass is 9.63. The Morgan fingerprint density at radius 3 is 0.583 bits per heavy atom. The molecule has 10 saturated carbocycles. The van der Waals surface area contributed by atoms with E-state index in [2.05, 4.69) is 86.1 Å². The first-order valence-corrected chi connectivity index (χ1v) is 33.6. The summed E-state index contributed by atoms with van der Waals surface area (Å²) in [6, 6.07) is 4.98. The highest BCUT2D eigenvalue weighted by Gasteiger charge is 2.50. The molecule has 2 nitrogen and oxygen atoms in total. The molecule has 0 amide bonds. The average molecular weight is 986 g/mol. The van der Waals surface area contributed by atoms with Crippen molar-refractivity contribution in [1.82, 2.24) is 9.80 Å². The molecule has 0 aromatic carbocycles. The molecule has 10 rings (SSSR count). The van der Waals surface area contributed by atoms with E-state index in [-0.39, 0.29) is 0 Å². The molecule has 0 spiro atoms. The highest BCUT2D eigenvalue weighted by Crippen LogP contribution is 2.51. The van der Waals surface area contributed by atoms with Crippen LogP contribution in [0.25, 0.3) is 0 Å². The second-order valence-corrected chi connectivity index (χ2v) is 29.1. The average Bonchev–Trinajstić information content (AvgIpc) is 3.42. The van der Waals surface area contributed by atoms with Gasteiger partial charge >= 0.3 is 0 Å².